The van der Waals surface area contributed by atoms with Crippen LogP contribution in [0, 0.1) is 5.92 Å². The normalized spacial score (nSPS) is 11.7. The molecule has 0 fully saturated rings. The summed E-state index contributed by atoms with van der Waals surface area (Å²) < 4.78 is 1.79. The summed E-state index contributed by atoms with van der Waals surface area (Å²) >= 11 is 0. The molecule has 2 aromatic heterocycles. The van der Waals surface area contributed by atoms with Crippen molar-refractivity contribution in [1.82, 2.24) is 14.8 Å². The van der Waals surface area contributed by atoms with Gasteiger partial charge < -0.3 is 9.67 Å². The highest BCUT2D eigenvalue weighted by atomic mass is 16.3. The van der Waals surface area contributed by atoms with Gasteiger partial charge in [-0.15, -0.1) is 10.2 Å². The fourth-order valence-electron chi connectivity index (χ4n) is 3.26. The number of azo groups is 1. The maximum Gasteiger partial charge on any atom is 0.313 e. The standard InChI is InChI=1S/C22H21N5O2/c1-14(2)13-27-19-11-7-6-10-16(19)20(22(27)29)25-26-21(28)18-12-17(23-24-18)15-8-4-3-5-9-15/h3-12,14,29H,13H2,1-2H3,(H,23,24). The molecule has 0 aliphatic carbocycles. The first-order valence-corrected chi connectivity index (χ1v) is 9.41. The molecule has 0 saturated carbocycles. The minimum atomic E-state index is -0.556. The van der Waals surface area contributed by atoms with Crippen LogP contribution in [-0.2, 0) is 6.54 Å². The number of benzene rings is 2. The molecule has 4 rings (SSSR count). The summed E-state index contributed by atoms with van der Waals surface area (Å²) in [5.41, 5.74) is 2.93. The lowest BCUT2D eigenvalue weighted by molar-refractivity contribution is 0.0990. The largest absolute Gasteiger partial charge is 0.493 e. The van der Waals surface area contributed by atoms with Crippen LogP contribution in [0.1, 0.15) is 24.3 Å². The van der Waals surface area contributed by atoms with Crippen LogP contribution in [0.15, 0.2) is 70.9 Å². The van der Waals surface area contributed by atoms with Crippen molar-refractivity contribution in [3.05, 3.63) is 66.4 Å². The first kappa shape index (κ1) is 18.6. The summed E-state index contributed by atoms with van der Waals surface area (Å²) in [4.78, 5) is 12.5. The minimum Gasteiger partial charge on any atom is -0.493 e. The molecule has 0 radical (unpaired) electrons. The SMILES string of the molecule is CC(C)Cn1c(O)c(N=NC(=O)c2cc(-c3ccccc3)n[nH]2)c2ccccc21. The van der Waals surface area contributed by atoms with Gasteiger partial charge >= 0.3 is 5.91 Å². The molecule has 29 heavy (non-hydrogen) atoms. The average molecular weight is 387 g/mol. The van der Waals surface area contributed by atoms with Gasteiger partial charge in [0.05, 0.1) is 11.2 Å². The first-order valence-electron chi connectivity index (χ1n) is 9.41. The minimum absolute atomic E-state index is 0.00559. The third-order valence-electron chi connectivity index (χ3n) is 4.58. The molecule has 146 valence electrons. The highest BCUT2D eigenvalue weighted by molar-refractivity contribution is 5.97. The van der Waals surface area contributed by atoms with Gasteiger partial charge in [0, 0.05) is 17.5 Å². The quantitative estimate of drug-likeness (QED) is 0.454. The number of nitrogens with zero attached hydrogens (tertiary/aromatic N) is 4. The van der Waals surface area contributed by atoms with Gasteiger partial charge in [-0.25, -0.2) is 0 Å². The van der Waals surface area contributed by atoms with Gasteiger partial charge in [0.25, 0.3) is 0 Å². The first-order chi connectivity index (χ1) is 14.0. The van der Waals surface area contributed by atoms with Crippen molar-refractivity contribution in [3.8, 4) is 17.1 Å². The lowest BCUT2D eigenvalue weighted by Gasteiger charge is -2.09. The number of fused-ring (bicyclic) bond motifs is 1. The molecule has 0 saturated heterocycles. The number of amides is 1. The van der Waals surface area contributed by atoms with Crippen LogP contribution in [0.3, 0.4) is 0 Å². The molecule has 7 heteroatoms. The van der Waals surface area contributed by atoms with Gasteiger partial charge in [-0.3, -0.25) is 9.89 Å². The molecular formula is C22H21N5O2. The topological polar surface area (TPSA) is 95.6 Å². The molecule has 2 heterocycles. The van der Waals surface area contributed by atoms with E-state index < -0.39 is 5.91 Å². The molecular weight excluding hydrogens is 366 g/mol. The second kappa shape index (κ2) is 7.71. The second-order valence-electron chi connectivity index (χ2n) is 7.23. The maximum absolute atomic E-state index is 12.5. The molecule has 7 nitrogen and oxygen atoms in total. The molecule has 0 aliphatic heterocycles. The molecule has 0 spiro atoms. The van der Waals surface area contributed by atoms with Crippen molar-refractivity contribution < 1.29 is 9.90 Å². The van der Waals surface area contributed by atoms with E-state index in [0.717, 1.165) is 16.5 Å². The van der Waals surface area contributed by atoms with Gasteiger partial charge in [-0.05, 0) is 18.1 Å². The van der Waals surface area contributed by atoms with E-state index in [1.54, 1.807) is 10.6 Å². The van der Waals surface area contributed by atoms with E-state index in [4.69, 9.17) is 0 Å². The van der Waals surface area contributed by atoms with Crippen molar-refractivity contribution in [1.29, 1.82) is 0 Å². The number of H-pyrrole nitrogens is 1. The predicted octanol–water partition coefficient (Wildman–Crippen LogP) is 5.32. The zero-order valence-corrected chi connectivity index (χ0v) is 16.2. The average Bonchev–Trinajstić information content (AvgIpc) is 3.32. The van der Waals surface area contributed by atoms with Crippen molar-refractivity contribution in [2.45, 2.75) is 20.4 Å². The molecule has 2 N–H and O–H groups in total. The number of carbonyl (C=O) groups is 1. The Morgan fingerprint density at radius 1 is 1.14 bits per heavy atom. The molecule has 0 aliphatic rings. The monoisotopic (exact) mass is 387 g/mol. The summed E-state index contributed by atoms with van der Waals surface area (Å²) in [6.07, 6.45) is 0. The van der Waals surface area contributed by atoms with Crippen molar-refractivity contribution in [2.75, 3.05) is 0 Å². The van der Waals surface area contributed by atoms with Crippen LogP contribution in [0.4, 0.5) is 5.69 Å². The van der Waals surface area contributed by atoms with Crippen LogP contribution in [0.5, 0.6) is 5.88 Å². The summed E-state index contributed by atoms with van der Waals surface area (Å²) in [7, 11) is 0. The Hall–Kier alpha value is -3.74. The number of hydrogen-bond acceptors (Lipinski definition) is 4. The Bertz CT molecular complexity index is 1190. The number of nitrogens with one attached hydrogen (secondary N) is 1. The third kappa shape index (κ3) is 3.67. The number of rotatable bonds is 5. The second-order valence-corrected chi connectivity index (χ2v) is 7.23. The number of aromatic hydroxyl groups is 1. The Kier molecular flexibility index (Phi) is 4.95. The molecule has 1 amide bonds. The van der Waals surface area contributed by atoms with Crippen molar-refractivity contribution in [2.24, 2.45) is 16.1 Å². The van der Waals surface area contributed by atoms with E-state index in [-0.39, 0.29) is 17.3 Å². The molecule has 0 unspecified atom stereocenters. The summed E-state index contributed by atoms with van der Waals surface area (Å²) in [6, 6.07) is 18.7. The zero-order chi connectivity index (χ0) is 20.4. The van der Waals surface area contributed by atoms with Crippen molar-refractivity contribution in [3.63, 3.8) is 0 Å². The van der Waals surface area contributed by atoms with Crippen LogP contribution >= 0.6 is 0 Å². The number of aromatic amines is 1. The van der Waals surface area contributed by atoms with E-state index in [2.05, 4.69) is 34.3 Å². The van der Waals surface area contributed by atoms with Crippen LogP contribution in [0.2, 0.25) is 0 Å². The van der Waals surface area contributed by atoms with Gasteiger partial charge in [0.15, 0.2) is 5.69 Å². The summed E-state index contributed by atoms with van der Waals surface area (Å²) in [6.45, 7) is 4.78. The Balaban J connectivity index is 1.64. The molecule has 0 bridgehead atoms. The van der Waals surface area contributed by atoms with Crippen LogP contribution < -0.4 is 0 Å². The summed E-state index contributed by atoms with van der Waals surface area (Å²) in [5.74, 6) is -0.213. The van der Waals surface area contributed by atoms with Crippen LogP contribution in [0.25, 0.3) is 22.2 Å². The van der Waals surface area contributed by atoms with E-state index in [1.165, 1.54) is 0 Å². The van der Waals surface area contributed by atoms with E-state index >= 15 is 0 Å². The van der Waals surface area contributed by atoms with Gasteiger partial charge in [-0.1, -0.05) is 62.4 Å². The van der Waals surface area contributed by atoms with E-state index in [0.29, 0.717) is 18.2 Å². The van der Waals surface area contributed by atoms with E-state index in [1.807, 2.05) is 54.6 Å². The number of carbonyl (C=O) groups excluding carboxylic acids is 1. The summed E-state index contributed by atoms with van der Waals surface area (Å²) in [5, 5.41) is 26.2. The van der Waals surface area contributed by atoms with Gasteiger partial charge in [-0.2, -0.15) is 5.10 Å². The van der Waals surface area contributed by atoms with Gasteiger partial charge in [0.2, 0.25) is 5.88 Å². The highest BCUT2D eigenvalue weighted by Gasteiger charge is 2.18. The lowest BCUT2D eigenvalue weighted by Crippen LogP contribution is -2.03. The Morgan fingerprint density at radius 2 is 1.86 bits per heavy atom. The number of hydrogen-bond donors (Lipinski definition) is 2. The van der Waals surface area contributed by atoms with E-state index in [9.17, 15) is 9.90 Å². The third-order valence-corrected chi connectivity index (χ3v) is 4.58. The maximum atomic E-state index is 12.5. The van der Waals surface area contributed by atoms with Gasteiger partial charge in [0.1, 0.15) is 5.69 Å². The lowest BCUT2D eigenvalue weighted by atomic mass is 10.1. The van der Waals surface area contributed by atoms with Crippen molar-refractivity contribution >= 4 is 22.5 Å². The smallest absolute Gasteiger partial charge is 0.313 e. The number of para-hydroxylation sites is 1. The Morgan fingerprint density at radius 3 is 2.62 bits per heavy atom. The zero-order valence-electron chi connectivity index (χ0n) is 16.2. The fraction of sp³-hybridized carbons (Fsp3) is 0.182. The Labute approximate surface area is 167 Å². The molecule has 4 aromatic rings. The molecule has 2 aromatic carbocycles. The predicted molar refractivity (Wildman–Crippen MR) is 111 cm³/mol. The molecule has 0 atom stereocenters. The van der Waals surface area contributed by atoms with Crippen LogP contribution in [-0.4, -0.2) is 25.8 Å². The number of aromatic nitrogens is 3. The highest BCUT2D eigenvalue weighted by Crippen LogP contribution is 2.39. The fourth-order valence-corrected chi connectivity index (χ4v) is 3.26.